The maximum absolute atomic E-state index is 9.24. The number of hydrogen-bond acceptors (Lipinski definition) is 2. The topological polar surface area (TPSA) is 32.6 Å². The van der Waals surface area contributed by atoms with Gasteiger partial charge in [0.25, 0.3) is 0 Å². The zero-order chi connectivity index (χ0) is 6.69. The van der Waals surface area contributed by atoms with Gasteiger partial charge in [-0.15, -0.1) is 0 Å². The minimum atomic E-state index is -0.212. The molecule has 0 radical (unpaired) electrons. The molecule has 0 heterocycles. The van der Waals surface area contributed by atoms with Crippen LogP contribution in [0.2, 0.25) is 0 Å². The fraction of sp³-hybridized carbons (Fsp3) is 0.857. The van der Waals surface area contributed by atoms with Crippen LogP contribution in [-0.2, 0) is 0 Å². The molecule has 2 nitrogen and oxygen atoms in total. The van der Waals surface area contributed by atoms with Gasteiger partial charge in [-0.05, 0) is 19.6 Å². The summed E-state index contributed by atoms with van der Waals surface area (Å²) in [5, 5.41) is 9.24. The van der Waals surface area contributed by atoms with Crippen LogP contribution in [0.5, 0.6) is 0 Å². The Bertz CT molecular complexity index is 103. The van der Waals surface area contributed by atoms with Crippen molar-refractivity contribution in [3.05, 3.63) is 0 Å². The molecule has 2 heteroatoms. The van der Waals surface area contributed by atoms with Gasteiger partial charge in [-0.2, -0.15) is 0 Å². The van der Waals surface area contributed by atoms with Crippen molar-refractivity contribution < 1.29 is 5.11 Å². The highest BCUT2D eigenvalue weighted by molar-refractivity contribution is 5.24. The fourth-order valence-electron chi connectivity index (χ4n) is 1.30. The normalized spacial score (nSPS) is 36.1. The number of aliphatic hydroxyl groups is 1. The van der Waals surface area contributed by atoms with Crippen LogP contribution >= 0.6 is 0 Å². The van der Waals surface area contributed by atoms with Crippen molar-refractivity contribution in [2.75, 3.05) is 0 Å². The van der Waals surface area contributed by atoms with Crippen molar-refractivity contribution in [1.29, 1.82) is 0 Å². The van der Waals surface area contributed by atoms with E-state index in [9.17, 15) is 5.11 Å². The molecular formula is C7H13NO. The molecule has 0 aromatic heterocycles. The predicted molar refractivity (Wildman–Crippen MR) is 37.8 cm³/mol. The molecule has 0 spiro atoms. The van der Waals surface area contributed by atoms with E-state index in [0.717, 1.165) is 19.3 Å². The largest absolute Gasteiger partial charge is 0.391 e. The van der Waals surface area contributed by atoms with Gasteiger partial charge in [0.05, 0.1) is 12.1 Å². The minimum absolute atomic E-state index is 0.124. The molecule has 2 unspecified atom stereocenters. The fourth-order valence-corrected chi connectivity index (χ4v) is 1.30. The number of nitrogens with zero attached hydrogens (tertiary/aromatic N) is 1. The average Bonchev–Trinajstić information content (AvgIpc) is 1.89. The van der Waals surface area contributed by atoms with Crippen molar-refractivity contribution in [1.82, 2.24) is 0 Å². The Morgan fingerprint density at radius 2 is 2.00 bits per heavy atom. The summed E-state index contributed by atoms with van der Waals surface area (Å²) in [6.07, 6.45) is 4.05. The molecule has 0 bridgehead atoms. The zero-order valence-corrected chi connectivity index (χ0v) is 5.58. The van der Waals surface area contributed by atoms with Crippen molar-refractivity contribution >= 4 is 6.72 Å². The van der Waals surface area contributed by atoms with E-state index in [1.807, 2.05) is 0 Å². The van der Waals surface area contributed by atoms with Crippen LogP contribution in [0.4, 0.5) is 0 Å². The van der Waals surface area contributed by atoms with E-state index in [4.69, 9.17) is 0 Å². The van der Waals surface area contributed by atoms with Crippen LogP contribution in [0.15, 0.2) is 4.99 Å². The molecule has 0 amide bonds. The molecule has 1 fully saturated rings. The summed E-state index contributed by atoms with van der Waals surface area (Å²) in [7, 11) is 0. The van der Waals surface area contributed by atoms with Crippen LogP contribution in [0.3, 0.4) is 0 Å². The molecule has 1 aliphatic rings. The van der Waals surface area contributed by atoms with E-state index >= 15 is 0 Å². The van der Waals surface area contributed by atoms with Gasteiger partial charge in [-0.3, -0.25) is 4.99 Å². The highest BCUT2D eigenvalue weighted by Gasteiger charge is 2.20. The monoisotopic (exact) mass is 127 g/mol. The second-order valence-electron chi connectivity index (χ2n) is 2.60. The van der Waals surface area contributed by atoms with E-state index in [1.54, 1.807) is 0 Å². The van der Waals surface area contributed by atoms with Crippen LogP contribution in [0.25, 0.3) is 0 Å². The van der Waals surface area contributed by atoms with Gasteiger partial charge >= 0.3 is 0 Å². The Balaban J connectivity index is 2.38. The maximum atomic E-state index is 9.24. The number of hydrogen-bond donors (Lipinski definition) is 1. The molecule has 52 valence electrons. The third kappa shape index (κ3) is 1.52. The van der Waals surface area contributed by atoms with E-state index < -0.39 is 0 Å². The van der Waals surface area contributed by atoms with Gasteiger partial charge in [0, 0.05) is 0 Å². The van der Waals surface area contributed by atoms with Crippen LogP contribution in [0, 0.1) is 0 Å². The Hall–Kier alpha value is -0.370. The third-order valence-corrected chi connectivity index (χ3v) is 1.93. The zero-order valence-electron chi connectivity index (χ0n) is 5.58. The van der Waals surface area contributed by atoms with Gasteiger partial charge in [0.1, 0.15) is 0 Å². The first-order valence-electron chi connectivity index (χ1n) is 3.48. The van der Waals surface area contributed by atoms with Crippen LogP contribution in [0.1, 0.15) is 25.7 Å². The van der Waals surface area contributed by atoms with Crippen molar-refractivity contribution in [3.8, 4) is 0 Å². The SMILES string of the molecule is C=NC1CCCCC1O. The summed E-state index contributed by atoms with van der Waals surface area (Å²) >= 11 is 0. The molecule has 1 N–H and O–H groups in total. The van der Waals surface area contributed by atoms with Crippen molar-refractivity contribution in [2.24, 2.45) is 4.99 Å². The molecule has 0 aliphatic heterocycles. The first-order valence-corrected chi connectivity index (χ1v) is 3.48. The van der Waals surface area contributed by atoms with Gasteiger partial charge in [-0.25, -0.2) is 0 Å². The summed E-state index contributed by atoms with van der Waals surface area (Å²) in [6.45, 7) is 3.42. The second-order valence-corrected chi connectivity index (χ2v) is 2.60. The average molecular weight is 127 g/mol. The van der Waals surface area contributed by atoms with Gasteiger partial charge in [0.15, 0.2) is 0 Å². The molecule has 1 rings (SSSR count). The van der Waals surface area contributed by atoms with E-state index in [-0.39, 0.29) is 12.1 Å². The Labute approximate surface area is 55.6 Å². The van der Waals surface area contributed by atoms with Crippen molar-refractivity contribution in [3.63, 3.8) is 0 Å². The standard InChI is InChI=1S/C7H13NO/c1-8-6-4-2-3-5-7(6)9/h6-7,9H,1-5H2. The molecule has 1 saturated carbocycles. The first-order chi connectivity index (χ1) is 4.34. The molecule has 0 saturated heterocycles. The highest BCUT2D eigenvalue weighted by atomic mass is 16.3. The van der Waals surface area contributed by atoms with E-state index in [1.165, 1.54) is 6.42 Å². The summed E-state index contributed by atoms with van der Waals surface area (Å²) in [5.74, 6) is 0. The molecule has 1 aliphatic carbocycles. The van der Waals surface area contributed by atoms with E-state index in [0.29, 0.717) is 0 Å². The third-order valence-electron chi connectivity index (χ3n) is 1.93. The lowest BCUT2D eigenvalue weighted by Crippen LogP contribution is -2.27. The van der Waals surface area contributed by atoms with E-state index in [2.05, 4.69) is 11.7 Å². The van der Waals surface area contributed by atoms with Crippen LogP contribution in [-0.4, -0.2) is 24.0 Å². The lowest BCUT2D eigenvalue weighted by atomic mass is 9.93. The lowest BCUT2D eigenvalue weighted by molar-refractivity contribution is 0.110. The molecule has 0 aromatic rings. The van der Waals surface area contributed by atoms with Gasteiger partial charge in [0.2, 0.25) is 0 Å². The van der Waals surface area contributed by atoms with Gasteiger partial charge < -0.3 is 5.11 Å². The summed E-state index contributed by atoms with van der Waals surface area (Å²) in [5.41, 5.74) is 0. The predicted octanol–water partition coefficient (Wildman–Crippen LogP) is 0.990. The summed E-state index contributed by atoms with van der Waals surface area (Å²) in [6, 6.07) is 0.124. The molecule has 9 heavy (non-hydrogen) atoms. The Morgan fingerprint density at radius 3 is 2.44 bits per heavy atom. The smallest absolute Gasteiger partial charge is 0.0763 e. The molecular weight excluding hydrogens is 114 g/mol. The van der Waals surface area contributed by atoms with Crippen LogP contribution < -0.4 is 0 Å². The summed E-state index contributed by atoms with van der Waals surface area (Å²) in [4.78, 5) is 3.83. The summed E-state index contributed by atoms with van der Waals surface area (Å²) < 4.78 is 0. The molecule has 2 atom stereocenters. The Kier molecular flexibility index (Phi) is 2.22. The number of rotatable bonds is 1. The molecule has 0 aromatic carbocycles. The quantitative estimate of drug-likeness (QED) is 0.523. The minimum Gasteiger partial charge on any atom is -0.391 e. The number of aliphatic imine (C=N–C) groups is 1. The Morgan fingerprint density at radius 1 is 1.33 bits per heavy atom. The first kappa shape index (κ1) is 6.75. The maximum Gasteiger partial charge on any atom is 0.0763 e. The number of aliphatic hydroxyl groups excluding tert-OH is 1. The lowest BCUT2D eigenvalue weighted by Gasteiger charge is -2.23. The highest BCUT2D eigenvalue weighted by Crippen LogP contribution is 2.20. The van der Waals surface area contributed by atoms with Crippen molar-refractivity contribution in [2.45, 2.75) is 37.8 Å². The van der Waals surface area contributed by atoms with Gasteiger partial charge in [-0.1, -0.05) is 12.8 Å². The second kappa shape index (κ2) is 2.97.